The van der Waals surface area contributed by atoms with Crippen molar-refractivity contribution in [2.75, 3.05) is 45.9 Å². The van der Waals surface area contributed by atoms with Crippen LogP contribution in [0.4, 0.5) is 0 Å². The number of carbonyl (C=O) groups is 2. The van der Waals surface area contributed by atoms with Crippen LogP contribution in [0.5, 0.6) is 0 Å². The van der Waals surface area contributed by atoms with E-state index in [1.54, 1.807) is 0 Å². The van der Waals surface area contributed by atoms with Crippen molar-refractivity contribution in [3.05, 3.63) is 35.9 Å². The van der Waals surface area contributed by atoms with Crippen molar-refractivity contribution in [2.45, 2.75) is 32.0 Å². The van der Waals surface area contributed by atoms with Gasteiger partial charge in [-0.25, -0.2) is 0 Å². The number of likely N-dealkylation sites (tertiary alicyclic amines) is 1. The number of carbonyl (C=O) groups excluding carboxylic acids is 2. The molecular weight excluding hydrogens is 344 g/mol. The smallest absolute Gasteiger partial charge is 0.237 e. The molecule has 148 valence electrons. The van der Waals surface area contributed by atoms with Gasteiger partial charge in [-0.2, -0.15) is 0 Å². The largest absolute Gasteiger partial charge is 0.379 e. The highest BCUT2D eigenvalue weighted by Gasteiger charge is 2.37. The van der Waals surface area contributed by atoms with Crippen LogP contribution in [0.2, 0.25) is 0 Å². The highest BCUT2D eigenvalue weighted by atomic mass is 16.5. The lowest BCUT2D eigenvalue weighted by atomic mass is 10.1. The van der Waals surface area contributed by atoms with Crippen LogP contribution in [0.15, 0.2) is 30.3 Å². The number of benzene rings is 1. The van der Waals surface area contributed by atoms with Gasteiger partial charge < -0.3 is 15.4 Å². The Morgan fingerprint density at radius 1 is 1.19 bits per heavy atom. The van der Waals surface area contributed by atoms with E-state index >= 15 is 0 Å². The molecule has 0 saturated carbocycles. The summed E-state index contributed by atoms with van der Waals surface area (Å²) >= 11 is 0. The Bertz CT molecular complexity index is 619. The zero-order valence-corrected chi connectivity index (χ0v) is 16.0. The van der Waals surface area contributed by atoms with Crippen LogP contribution < -0.4 is 10.6 Å². The summed E-state index contributed by atoms with van der Waals surface area (Å²) in [5, 5.41) is 6.05. The molecule has 0 bridgehead atoms. The Kier molecular flexibility index (Phi) is 7.20. The Balaban J connectivity index is 1.57. The van der Waals surface area contributed by atoms with Crippen molar-refractivity contribution in [3.63, 3.8) is 0 Å². The number of rotatable bonds is 7. The molecule has 27 heavy (non-hydrogen) atoms. The fraction of sp³-hybridized carbons (Fsp3) is 0.600. The Morgan fingerprint density at radius 3 is 2.63 bits per heavy atom. The fourth-order valence-electron chi connectivity index (χ4n) is 3.80. The van der Waals surface area contributed by atoms with E-state index in [1.165, 1.54) is 5.56 Å². The minimum atomic E-state index is -0.209. The number of likely N-dealkylation sites (N-methyl/N-ethyl adjacent to an activating group) is 1. The quantitative estimate of drug-likeness (QED) is 0.714. The number of amides is 2. The van der Waals surface area contributed by atoms with Gasteiger partial charge in [0, 0.05) is 38.8 Å². The van der Waals surface area contributed by atoms with Gasteiger partial charge in [0.1, 0.15) is 0 Å². The molecule has 1 aromatic carbocycles. The zero-order valence-electron chi connectivity index (χ0n) is 16.0. The lowest BCUT2D eigenvalue weighted by molar-refractivity contribution is -0.126. The average molecular weight is 374 g/mol. The summed E-state index contributed by atoms with van der Waals surface area (Å²) in [6.45, 7) is 7.27. The minimum Gasteiger partial charge on any atom is -0.379 e. The molecule has 3 rings (SSSR count). The SMILES string of the molecule is CCNC(=O)[C@@H]1C[C@H](NC(=O)CN2CCOCC2)CN1Cc1ccccc1. The van der Waals surface area contributed by atoms with Crippen LogP contribution in [0.1, 0.15) is 18.9 Å². The van der Waals surface area contributed by atoms with Crippen molar-refractivity contribution >= 4 is 11.8 Å². The summed E-state index contributed by atoms with van der Waals surface area (Å²) < 4.78 is 5.32. The first-order valence-electron chi connectivity index (χ1n) is 9.81. The van der Waals surface area contributed by atoms with E-state index in [4.69, 9.17) is 4.74 Å². The van der Waals surface area contributed by atoms with E-state index in [9.17, 15) is 9.59 Å². The van der Waals surface area contributed by atoms with Gasteiger partial charge in [0.2, 0.25) is 11.8 Å². The molecule has 2 atom stereocenters. The van der Waals surface area contributed by atoms with Crippen LogP contribution in [0.3, 0.4) is 0 Å². The van der Waals surface area contributed by atoms with Gasteiger partial charge in [0.25, 0.3) is 0 Å². The van der Waals surface area contributed by atoms with Crippen LogP contribution in [-0.2, 0) is 20.9 Å². The minimum absolute atomic E-state index is 0.00476. The van der Waals surface area contributed by atoms with Crippen LogP contribution in [0.25, 0.3) is 0 Å². The lowest BCUT2D eigenvalue weighted by Gasteiger charge is -2.26. The molecule has 2 aliphatic heterocycles. The van der Waals surface area contributed by atoms with Gasteiger partial charge in [-0.1, -0.05) is 30.3 Å². The molecule has 0 radical (unpaired) electrons. The third kappa shape index (κ3) is 5.76. The molecule has 2 saturated heterocycles. The third-order valence-electron chi connectivity index (χ3n) is 5.12. The van der Waals surface area contributed by atoms with Gasteiger partial charge in [-0.05, 0) is 18.9 Å². The van der Waals surface area contributed by atoms with Crippen molar-refractivity contribution in [2.24, 2.45) is 0 Å². The first-order chi connectivity index (χ1) is 13.2. The van der Waals surface area contributed by atoms with Crippen molar-refractivity contribution in [3.8, 4) is 0 Å². The number of nitrogens with one attached hydrogen (secondary N) is 2. The highest BCUT2D eigenvalue weighted by molar-refractivity contribution is 5.83. The molecule has 0 unspecified atom stereocenters. The predicted octanol–water partition coefficient (Wildman–Crippen LogP) is 0.214. The second-order valence-corrected chi connectivity index (χ2v) is 7.21. The van der Waals surface area contributed by atoms with Gasteiger partial charge in [0.05, 0.1) is 25.8 Å². The maximum atomic E-state index is 12.5. The standard InChI is InChI=1S/C20H30N4O3/c1-2-21-20(26)18-12-17(14-24(18)13-16-6-4-3-5-7-16)22-19(25)15-23-8-10-27-11-9-23/h3-7,17-18H,2,8-15H2,1H3,(H,21,26)(H,22,25)/t17-,18-/m0/s1. The normalized spacial score (nSPS) is 23.9. The van der Waals surface area contributed by atoms with Crippen LogP contribution >= 0.6 is 0 Å². The molecular formula is C20H30N4O3. The molecule has 0 aromatic heterocycles. The van der Waals surface area contributed by atoms with Crippen LogP contribution in [0, 0.1) is 0 Å². The maximum absolute atomic E-state index is 12.5. The third-order valence-corrected chi connectivity index (χ3v) is 5.12. The fourth-order valence-corrected chi connectivity index (χ4v) is 3.80. The lowest BCUT2D eigenvalue weighted by Crippen LogP contribution is -2.46. The summed E-state index contributed by atoms with van der Waals surface area (Å²) in [5.74, 6) is 0.0662. The highest BCUT2D eigenvalue weighted by Crippen LogP contribution is 2.21. The first kappa shape index (κ1) is 19.8. The first-order valence-corrected chi connectivity index (χ1v) is 9.81. The van der Waals surface area contributed by atoms with E-state index in [2.05, 4.69) is 32.6 Å². The molecule has 7 nitrogen and oxygen atoms in total. The van der Waals surface area contributed by atoms with E-state index < -0.39 is 0 Å². The molecule has 0 aliphatic carbocycles. The topological polar surface area (TPSA) is 73.9 Å². The Hall–Kier alpha value is -1.96. The molecule has 2 fully saturated rings. The van der Waals surface area contributed by atoms with Gasteiger partial charge in [0.15, 0.2) is 0 Å². The molecule has 1 aromatic rings. The van der Waals surface area contributed by atoms with E-state index in [-0.39, 0.29) is 23.9 Å². The molecule has 7 heteroatoms. The summed E-state index contributed by atoms with van der Waals surface area (Å²) in [6, 6.07) is 9.93. The average Bonchev–Trinajstić information content (AvgIpc) is 3.05. The molecule has 2 amide bonds. The predicted molar refractivity (Wildman–Crippen MR) is 103 cm³/mol. The Labute approximate surface area is 161 Å². The van der Waals surface area contributed by atoms with Gasteiger partial charge >= 0.3 is 0 Å². The summed E-state index contributed by atoms with van der Waals surface area (Å²) in [5.41, 5.74) is 1.17. The molecule has 2 N–H and O–H groups in total. The van der Waals surface area contributed by atoms with Gasteiger partial charge in [-0.15, -0.1) is 0 Å². The second-order valence-electron chi connectivity index (χ2n) is 7.21. The van der Waals surface area contributed by atoms with Crippen molar-refractivity contribution in [1.82, 2.24) is 20.4 Å². The van der Waals surface area contributed by atoms with Gasteiger partial charge in [-0.3, -0.25) is 19.4 Å². The summed E-state index contributed by atoms with van der Waals surface area (Å²) in [4.78, 5) is 29.2. The maximum Gasteiger partial charge on any atom is 0.237 e. The molecule has 2 heterocycles. The van der Waals surface area contributed by atoms with E-state index in [0.717, 1.165) is 13.1 Å². The molecule has 0 spiro atoms. The monoisotopic (exact) mass is 374 g/mol. The Morgan fingerprint density at radius 2 is 1.93 bits per heavy atom. The van der Waals surface area contributed by atoms with E-state index in [0.29, 0.717) is 45.8 Å². The van der Waals surface area contributed by atoms with E-state index in [1.807, 2.05) is 25.1 Å². The molecule has 2 aliphatic rings. The number of morpholine rings is 1. The summed E-state index contributed by atoms with van der Waals surface area (Å²) in [6.07, 6.45) is 0.646. The van der Waals surface area contributed by atoms with Crippen LogP contribution in [-0.4, -0.2) is 79.6 Å². The number of nitrogens with zero attached hydrogens (tertiary/aromatic N) is 2. The van der Waals surface area contributed by atoms with Crippen molar-refractivity contribution in [1.29, 1.82) is 0 Å². The number of hydrogen-bond donors (Lipinski definition) is 2. The van der Waals surface area contributed by atoms with Crippen molar-refractivity contribution < 1.29 is 14.3 Å². The second kappa shape index (κ2) is 9.82. The number of hydrogen-bond acceptors (Lipinski definition) is 5. The zero-order chi connectivity index (χ0) is 19.1. The number of ether oxygens (including phenoxy) is 1. The summed E-state index contributed by atoms with van der Waals surface area (Å²) in [7, 11) is 0.